The smallest absolute Gasteiger partial charge is 0.269 e. The molecule has 3 N–H and O–H groups in total. The first-order chi connectivity index (χ1) is 15.3. The lowest BCUT2D eigenvalue weighted by molar-refractivity contribution is -0.384. The van der Waals surface area contributed by atoms with Crippen LogP contribution in [0.25, 0.3) is 0 Å². The molecule has 2 amide bonds. The number of nitrogens with zero attached hydrogens (tertiary/aromatic N) is 3. The molecule has 2 fully saturated rings. The number of benzene rings is 1. The molecular weight excluding hydrogens is 410 g/mol. The number of hydrogen-bond acceptors (Lipinski definition) is 6. The number of nitro benzene ring substituents is 1. The van der Waals surface area contributed by atoms with E-state index in [1.807, 2.05) is 0 Å². The van der Waals surface area contributed by atoms with E-state index in [0.717, 1.165) is 31.4 Å². The van der Waals surface area contributed by atoms with Crippen LogP contribution in [0.5, 0.6) is 0 Å². The highest BCUT2D eigenvalue weighted by molar-refractivity contribution is 5.89. The molecule has 1 heterocycles. The number of piperidine rings is 1. The Bertz CT molecular complexity index is 809. The molecule has 0 spiro atoms. The van der Waals surface area contributed by atoms with Gasteiger partial charge < -0.3 is 16.0 Å². The normalized spacial score (nSPS) is 21.1. The summed E-state index contributed by atoms with van der Waals surface area (Å²) >= 11 is 0. The second kappa shape index (κ2) is 10.9. The largest absolute Gasteiger partial charge is 0.353 e. The van der Waals surface area contributed by atoms with Crippen molar-refractivity contribution in [3.63, 3.8) is 0 Å². The van der Waals surface area contributed by atoms with Crippen molar-refractivity contribution in [1.82, 2.24) is 15.1 Å². The molecule has 3 rings (SSSR count). The molecule has 1 saturated heterocycles. The first-order valence-corrected chi connectivity index (χ1v) is 11.6. The molecule has 1 aliphatic heterocycles. The van der Waals surface area contributed by atoms with E-state index in [9.17, 15) is 19.7 Å². The van der Waals surface area contributed by atoms with E-state index < -0.39 is 11.0 Å². The Labute approximate surface area is 189 Å². The van der Waals surface area contributed by atoms with Gasteiger partial charge in [0.25, 0.3) is 5.69 Å². The Hall–Kier alpha value is -2.52. The molecule has 1 aromatic rings. The van der Waals surface area contributed by atoms with E-state index in [1.165, 1.54) is 12.1 Å². The van der Waals surface area contributed by atoms with Crippen molar-refractivity contribution in [2.75, 3.05) is 26.2 Å². The van der Waals surface area contributed by atoms with Crippen molar-refractivity contribution in [2.45, 2.75) is 58.2 Å². The minimum Gasteiger partial charge on any atom is -0.353 e. The molecule has 1 saturated carbocycles. The fourth-order valence-corrected chi connectivity index (χ4v) is 4.44. The van der Waals surface area contributed by atoms with Crippen LogP contribution in [0, 0.1) is 22.0 Å². The van der Waals surface area contributed by atoms with Crippen LogP contribution in [-0.4, -0.2) is 64.8 Å². The van der Waals surface area contributed by atoms with Gasteiger partial charge in [-0.05, 0) is 37.2 Å². The van der Waals surface area contributed by atoms with E-state index in [1.54, 1.807) is 17.0 Å². The summed E-state index contributed by atoms with van der Waals surface area (Å²) in [6.07, 6.45) is 3.21. The Morgan fingerprint density at radius 2 is 1.94 bits per heavy atom. The molecule has 0 bridgehead atoms. The van der Waals surface area contributed by atoms with Crippen LogP contribution < -0.4 is 11.1 Å². The number of likely N-dealkylation sites (tertiary alicyclic amines) is 1. The highest BCUT2D eigenvalue weighted by atomic mass is 16.6. The van der Waals surface area contributed by atoms with Crippen LogP contribution in [0.1, 0.15) is 45.1 Å². The molecular formula is C23H35N5O4. The summed E-state index contributed by atoms with van der Waals surface area (Å²) in [5, 5.41) is 13.8. The molecule has 1 aliphatic carbocycles. The molecule has 2 aliphatic rings. The third-order valence-electron chi connectivity index (χ3n) is 6.18. The second-order valence-corrected chi connectivity index (χ2v) is 9.33. The fourth-order valence-electron chi connectivity index (χ4n) is 4.44. The van der Waals surface area contributed by atoms with Crippen molar-refractivity contribution in [2.24, 2.45) is 17.6 Å². The zero-order chi connectivity index (χ0) is 23.3. The minimum absolute atomic E-state index is 0.0724. The standard InChI is InChI=1S/C23H35N5O4/c1-16(2)14-26(15-17-3-7-19(8-4-17)28(31)32)20-9-12-27(23(30)18-5-6-18)21(13-20)22(29)25-11-10-24/h3-4,7-8,16,18,20-21H,5-6,9-15,24H2,1-2H3,(H,25,29)/t20?,21-/m1/s1. The van der Waals surface area contributed by atoms with Crippen LogP contribution in [0.2, 0.25) is 0 Å². The summed E-state index contributed by atoms with van der Waals surface area (Å²) in [5.41, 5.74) is 6.63. The molecule has 176 valence electrons. The summed E-state index contributed by atoms with van der Waals surface area (Å²) in [6.45, 7) is 7.11. The average molecular weight is 446 g/mol. The van der Waals surface area contributed by atoms with Gasteiger partial charge >= 0.3 is 0 Å². The molecule has 9 heteroatoms. The Kier molecular flexibility index (Phi) is 8.20. The Morgan fingerprint density at radius 3 is 2.50 bits per heavy atom. The third-order valence-corrected chi connectivity index (χ3v) is 6.18. The zero-order valence-corrected chi connectivity index (χ0v) is 19.0. The number of rotatable bonds is 10. The van der Waals surface area contributed by atoms with Crippen LogP contribution in [0.4, 0.5) is 5.69 Å². The number of carbonyl (C=O) groups is 2. The number of nitrogens with two attached hydrogens (primary N) is 1. The van der Waals surface area contributed by atoms with Crippen molar-refractivity contribution in [3.05, 3.63) is 39.9 Å². The minimum atomic E-state index is -0.486. The second-order valence-electron chi connectivity index (χ2n) is 9.33. The molecule has 9 nitrogen and oxygen atoms in total. The molecule has 0 radical (unpaired) electrons. The summed E-state index contributed by atoms with van der Waals surface area (Å²) in [4.78, 5) is 40.4. The number of nitro groups is 1. The van der Waals surface area contributed by atoms with Crippen molar-refractivity contribution >= 4 is 17.5 Å². The molecule has 0 aromatic heterocycles. The molecule has 32 heavy (non-hydrogen) atoms. The van der Waals surface area contributed by atoms with Gasteiger partial charge in [-0.25, -0.2) is 0 Å². The summed E-state index contributed by atoms with van der Waals surface area (Å²) < 4.78 is 0. The maximum Gasteiger partial charge on any atom is 0.269 e. The predicted molar refractivity (Wildman–Crippen MR) is 122 cm³/mol. The van der Waals surface area contributed by atoms with Crippen LogP contribution in [0.3, 0.4) is 0 Å². The molecule has 1 aromatic carbocycles. The summed E-state index contributed by atoms with van der Waals surface area (Å²) in [7, 11) is 0. The lowest BCUT2D eigenvalue weighted by Crippen LogP contribution is -2.58. The van der Waals surface area contributed by atoms with Gasteiger partial charge in [0, 0.05) is 56.8 Å². The predicted octanol–water partition coefficient (Wildman–Crippen LogP) is 1.90. The fraction of sp³-hybridized carbons (Fsp3) is 0.652. The van der Waals surface area contributed by atoms with Crippen molar-refractivity contribution < 1.29 is 14.5 Å². The number of carbonyl (C=O) groups excluding carboxylic acids is 2. The van der Waals surface area contributed by atoms with E-state index in [0.29, 0.717) is 38.5 Å². The van der Waals surface area contributed by atoms with Gasteiger partial charge in [-0.1, -0.05) is 26.0 Å². The monoisotopic (exact) mass is 445 g/mol. The first kappa shape index (κ1) is 24.1. The van der Waals surface area contributed by atoms with Crippen LogP contribution in [-0.2, 0) is 16.1 Å². The molecule has 1 unspecified atom stereocenters. The van der Waals surface area contributed by atoms with Crippen molar-refractivity contribution in [1.29, 1.82) is 0 Å². The average Bonchev–Trinajstić information content (AvgIpc) is 3.61. The maximum atomic E-state index is 12.9. The summed E-state index contributed by atoms with van der Waals surface area (Å²) in [6, 6.07) is 6.31. The highest BCUT2D eigenvalue weighted by Gasteiger charge is 2.42. The van der Waals surface area contributed by atoms with E-state index in [2.05, 4.69) is 24.1 Å². The first-order valence-electron chi connectivity index (χ1n) is 11.6. The highest BCUT2D eigenvalue weighted by Crippen LogP contribution is 2.34. The summed E-state index contributed by atoms with van der Waals surface area (Å²) in [5.74, 6) is 0.461. The SMILES string of the molecule is CC(C)CN(Cc1ccc([N+](=O)[O-])cc1)C1CCN(C(=O)C2CC2)[C@@H](C(=O)NCCN)C1. The van der Waals surface area contributed by atoms with Gasteiger partial charge in [-0.15, -0.1) is 0 Å². The van der Waals surface area contributed by atoms with E-state index in [4.69, 9.17) is 5.73 Å². The number of nitrogens with one attached hydrogen (secondary N) is 1. The Morgan fingerprint density at radius 1 is 1.25 bits per heavy atom. The number of amides is 2. The quantitative estimate of drug-likeness (QED) is 0.419. The van der Waals surface area contributed by atoms with Crippen molar-refractivity contribution in [3.8, 4) is 0 Å². The van der Waals surface area contributed by atoms with E-state index >= 15 is 0 Å². The zero-order valence-electron chi connectivity index (χ0n) is 19.0. The Balaban J connectivity index is 1.75. The molecule has 2 atom stereocenters. The topological polar surface area (TPSA) is 122 Å². The van der Waals surface area contributed by atoms with E-state index in [-0.39, 0.29) is 29.5 Å². The van der Waals surface area contributed by atoms with Gasteiger partial charge in [-0.3, -0.25) is 24.6 Å². The van der Waals surface area contributed by atoms with Gasteiger partial charge in [0.2, 0.25) is 11.8 Å². The maximum absolute atomic E-state index is 12.9. The van der Waals surface area contributed by atoms with Gasteiger partial charge in [0.15, 0.2) is 0 Å². The lowest BCUT2D eigenvalue weighted by atomic mass is 9.93. The van der Waals surface area contributed by atoms with Gasteiger partial charge in [-0.2, -0.15) is 0 Å². The van der Waals surface area contributed by atoms with Gasteiger partial charge in [0.1, 0.15) is 6.04 Å². The number of non-ortho nitro benzene ring substituents is 1. The van der Waals surface area contributed by atoms with Crippen LogP contribution >= 0.6 is 0 Å². The van der Waals surface area contributed by atoms with Gasteiger partial charge in [0.05, 0.1) is 4.92 Å². The lowest BCUT2D eigenvalue weighted by Gasteiger charge is -2.43. The van der Waals surface area contributed by atoms with Crippen LogP contribution in [0.15, 0.2) is 24.3 Å². The number of hydrogen-bond donors (Lipinski definition) is 2. The third kappa shape index (κ3) is 6.26.